The molecule has 1 aromatic carbocycles. The van der Waals surface area contributed by atoms with E-state index in [0.717, 1.165) is 11.3 Å². The van der Waals surface area contributed by atoms with Crippen molar-refractivity contribution in [1.82, 2.24) is 0 Å². The molecule has 0 saturated carbocycles. The molecule has 2 aromatic rings. The lowest BCUT2D eigenvalue weighted by Gasteiger charge is -2.17. The molecular weight excluding hydrogens is 242 g/mol. The number of rotatable bonds is 2. The Hall–Kier alpha value is -2.36. The van der Waals surface area contributed by atoms with Crippen molar-refractivity contribution in [3.05, 3.63) is 53.0 Å². The van der Waals surface area contributed by atoms with Crippen molar-refractivity contribution < 1.29 is 14.0 Å². The van der Waals surface area contributed by atoms with E-state index in [4.69, 9.17) is 4.42 Å². The Morgan fingerprint density at radius 1 is 1.26 bits per heavy atom. The number of ketones is 1. The number of nitrogens with one attached hydrogen (secondary N) is 1. The summed E-state index contributed by atoms with van der Waals surface area (Å²) in [5.74, 6) is 0.597. The van der Waals surface area contributed by atoms with Gasteiger partial charge in [-0.05, 0) is 43.2 Å². The number of hydrogen-bond acceptors (Lipinski definition) is 3. The number of benzene rings is 1. The predicted molar refractivity (Wildman–Crippen MR) is 70.3 cm³/mol. The first-order valence-electron chi connectivity index (χ1n) is 6.17. The molecule has 1 aliphatic rings. The van der Waals surface area contributed by atoms with Crippen molar-refractivity contribution in [3.63, 3.8) is 0 Å². The van der Waals surface area contributed by atoms with Crippen LogP contribution < -0.4 is 5.32 Å². The minimum Gasteiger partial charge on any atom is -0.469 e. The van der Waals surface area contributed by atoms with Crippen LogP contribution in [-0.2, 0) is 11.2 Å². The van der Waals surface area contributed by atoms with Crippen LogP contribution in [0.5, 0.6) is 0 Å². The average molecular weight is 255 g/mol. The van der Waals surface area contributed by atoms with E-state index in [1.165, 1.54) is 6.26 Å². The summed E-state index contributed by atoms with van der Waals surface area (Å²) in [5.41, 5.74) is 3.02. The van der Waals surface area contributed by atoms with Crippen LogP contribution in [-0.4, -0.2) is 11.7 Å². The molecule has 0 fully saturated rings. The van der Waals surface area contributed by atoms with Crippen LogP contribution in [0.1, 0.15) is 33.7 Å². The third-order valence-corrected chi connectivity index (χ3v) is 3.37. The zero-order valence-electron chi connectivity index (χ0n) is 10.5. The van der Waals surface area contributed by atoms with E-state index >= 15 is 0 Å². The van der Waals surface area contributed by atoms with E-state index in [0.29, 0.717) is 29.7 Å². The first kappa shape index (κ1) is 11.7. The fourth-order valence-electron chi connectivity index (χ4n) is 2.30. The summed E-state index contributed by atoms with van der Waals surface area (Å²) in [6.07, 6.45) is 2.66. The number of anilines is 1. The standard InChI is InChI=1S/C15H13NO3/c1-9-12(6-7-19-9)15(18)11-2-4-13-10(8-11)3-5-14(17)16-13/h2,4,6-8H,3,5H2,1H3,(H,16,17). The van der Waals surface area contributed by atoms with E-state index in [1.54, 1.807) is 25.1 Å². The van der Waals surface area contributed by atoms with E-state index in [2.05, 4.69) is 5.32 Å². The minimum atomic E-state index is -0.0500. The van der Waals surface area contributed by atoms with Crippen LogP contribution in [0.2, 0.25) is 0 Å². The Balaban J connectivity index is 1.97. The van der Waals surface area contributed by atoms with Gasteiger partial charge in [-0.15, -0.1) is 0 Å². The number of carbonyl (C=O) groups is 2. The second-order valence-corrected chi connectivity index (χ2v) is 4.64. The summed E-state index contributed by atoms with van der Waals surface area (Å²) in [4.78, 5) is 23.6. The van der Waals surface area contributed by atoms with Crippen molar-refractivity contribution in [2.24, 2.45) is 0 Å². The molecule has 1 N–H and O–H groups in total. The predicted octanol–water partition coefficient (Wildman–Crippen LogP) is 2.70. The maximum Gasteiger partial charge on any atom is 0.224 e. The Kier molecular flexibility index (Phi) is 2.71. The Morgan fingerprint density at radius 2 is 2.11 bits per heavy atom. The molecule has 1 aromatic heterocycles. The lowest BCUT2D eigenvalue weighted by molar-refractivity contribution is -0.116. The van der Waals surface area contributed by atoms with Crippen LogP contribution in [0.15, 0.2) is 34.9 Å². The van der Waals surface area contributed by atoms with Crippen molar-refractivity contribution in [3.8, 4) is 0 Å². The largest absolute Gasteiger partial charge is 0.469 e. The van der Waals surface area contributed by atoms with Gasteiger partial charge in [-0.1, -0.05) is 0 Å². The number of aryl methyl sites for hydroxylation is 2. The van der Waals surface area contributed by atoms with Crippen LogP contribution in [0.3, 0.4) is 0 Å². The van der Waals surface area contributed by atoms with Gasteiger partial charge in [0.2, 0.25) is 5.91 Å². The first-order valence-corrected chi connectivity index (χ1v) is 6.17. The lowest BCUT2D eigenvalue weighted by Crippen LogP contribution is -2.19. The highest BCUT2D eigenvalue weighted by molar-refractivity contribution is 6.10. The molecule has 0 saturated heterocycles. The highest BCUT2D eigenvalue weighted by Gasteiger charge is 2.18. The van der Waals surface area contributed by atoms with E-state index < -0.39 is 0 Å². The molecule has 0 bridgehead atoms. The third kappa shape index (κ3) is 2.05. The van der Waals surface area contributed by atoms with Gasteiger partial charge in [-0.3, -0.25) is 9.59 Å². The second kappa shape index (κ2) is 4.39. The van der Waals surface area contributed by atoms with E-state index in [9.17, 15) is 9.59 Å². The zero-order valence-corrected chi connectivity index (χ0v) is 10.5. The Labute approximate surface area is 110 Å². The molecule has 1 amide bonds. The summed E-state index contributed by atoms with van der Waals surface area (Å²) in [6.45, 7) is 1.77. The van der Waals surface area contributed by atoms with Gasteiger partial charge in [0, 0.05) is 17.7 Å². The molecule has 4 nitrogen and oxygen atoms in total. The SMILES string of the molecule is Cc1occc1C(=O)c1ccc2c(c1)CCC(=O)N2. The monoisotopic (exact) mass is 255 g/mol. The Bertz CT molecular complexity index is 670. The molecule has 19 heavy (non-hydrogen) atoms. The maximum absolute atomic E-state index is 12.3. The summed E-state index contributed by atoms with van der Waals surface area (Å²) >= 11 is 0. The number of hydrogen-bond donors (Lipinski definition) is 1. The quantitative estimate of drug-likeness (QED) is 0.839. The highest BCUT2D eigenvalue weighted by Crippen LogP contribution is 2.25. The molecule has 0 radical (unpaired) electrons. The number of furan rings is 1. The molecule has 2 heterocycles. The summed E-state index contributed by atoms with van der Waals surface area (Å²) in [5, 5.41) is 2.80. The van der Waals surface area contributed by atoms with Gasteiger partial charge in [-0.2, -0.15) is 0 Å². The van der Waals surface area contributed by atoms with Gasteiger partial charge in [-0.25, -0.2) is 0 Å². The molecule has 4 heteroatoms. The van der Waals surface area contributed by atoms with Crippen LogP contribution in [0.4, 0.5) is 5.69 Å². The summed E-state index contributed by atoms with van der Waals surface area (Å²) in [7, 11) is 0. The fourth-order valence-corrected chi connectivity index (χ4v) is 2.30. The van der Waals surface area contributed by atoms with Gasteiger partial charge in [0.1, 0.15) is 5.76 Å². The van der Waals surface area contributed by atoms with E-state index in [-0.39, 0.29) is 11.7 Å². The summed E-state index contributed by atoms with van der Waals surface area (Å²) < 4.78 is 5.16. The van der Waals surface area contributed by atoms with Crippen molar-refractivity contribution in [2.75, 3.05) is 5.32 Å². The van der Waals surface area contributed by atoms with Crippen LogP contribution in [0, 0.1) is 6.92 Å². The molecule has 0 unspecified atom stereocenters. The highest BCUT2D eigenvalue weighted by atomic mass is 16.3. The smallest absolute Gasteiger partial charge is 0.224 e. The number of carbonyl (C=O) groups excluding carboxylic acids is 2. The van der Waals surface area contributed by atoms with Crippen molar-refractivity contribution in [1.29, 1.82) is 0 Å². The fraction of sp³-hybridized carbons (Fsp3) is 0.200. The van der Waals surface area contributed by atoms with Crippen molar-refractivity contribution in [2.45, 2.75) is 19.8 Å². The van der Waals surface area contributed by atoms with Gasteiger partial charge < -0.3 is 9.73 Å². The molecule has 3 rings (SSSR count). The average Bonchev–Trinajstić information content (AvgIpc) is 2.83. The molecule has 0 atom stereocenters. The molecular formula is C15H13NO3. The molecule has 0 spiro atoms. The first-order chi connectivity index (χ1) is 9.15. The minimum absolute atomic E-state index is 0.0252. The lowest BCUT2D eigenvalue weighted by atomic mass is 9.96. The summed E-state index contributed by atoms with van der Waals surface area (Å²) in [6, 6.07) is 7.05. The second-order valence-electron chi connectivity index (χ2n) is 4.64. The zero-order chi connectivity index (χ0) is 13.4. The van der Waals surface area contributed by atoms with Crippen molar-refractivity contribution >= 4 is 17.4 Å². The number of fused-ring (bicyclic) bond motifs is 1. The van der Waals surface area contributed by atoms with Crippen LogP contribution in [0.25, 0.3) is 0 Å². The van der Waals surface area contributed by atoms with E-state index in [1.807, 2.05) is 6.07 Å². The normalized spacial score (nSPS) is 13.8. The topological polar surface area (TPSA) is 59.3 Å². The Morgan fingerprint density at radius 3 is 2.84 bits per heavy atom. The molecule has 96 valence electrons. The molecule has 0 aliphatic carbocycles. The van der Waals surface area contributed by atoms with Gasteiger partial charge in [0.15, 0.2) is 5.78 Å². The maximum atomic E-state index is 12.3. The van der Waals surface area contributed by atoms with Gasteiger partial charge >= 0.3 is 0 Å². The van der Waals surface area contributed by atoms with Crippen LogP contribution >= 0.6 is 0 Å². The third-order valence-electron chi connectivity index (χ3n) is 3.37. The molecule has 1 aliphatic heterocycles. The van der Waals surface area contributed by atoms with Gasteiger partial charge in [0.05, 0.1) is 11.8 Å². The number of amides is 1. The van der Waals surface area contributed by atoms with Gasteiger partial charge in [0.25, 0.3) is 0 Å².